The summed E-state index contributed by atoms with van der Waals surface area (Å²) in [5.74, 6) is 0.271. The van der Waals surface area contributed by atoms with E-state index in [9.17, 15) is 4.79 Å². The molecule has 1 aromatic heterocycles. The molecule has 4 N–H and O–H groups in total. The molecule has 0 unspecified atom stereocenters. The molecule has 3 aromatic rings. The van der Waals surface area contributed by atoms with Crippen LogP contribution in [0.15, 0.2) is 36.4 Å². The summed E-state index contributed by atoms with van der Waals surface area (Å²) in [4.78, 5) is 21.1. The molecule has 0 amide bonds. The van der Waals surface area contributed by atoms with E-state index < -0.39 is 5.97 Å². The van der Waals surface area contributed by atoms with Crippen molar-refractivity contribution in [2.24, 2.45) is 0 Å². The monoisotopic (exact) mass is 348 g/mol. The number of anilines is 2. The number of aryl methyl sites for hydroxylation is 2. The van der Waals surface area contributed by atoms with Gasteiger partial charge in [-0.15, -0.1) is 0 Å². The van der Waals surface area contributed by atoms with Gasteiger partial charge in [-0.25, -0.2) is 14.8 Å². The number of esters is 1. The number of ether oxygens (including phenoxy) is 1. The predicted molar refractivity (Wildman–Crippen MR) is 101 cm³/mol. The first-order valence-electron chi connectivity index (χ1n) is 8.71. The molecule has 0 bridgehead atoms. The minimum Gasteiger partial charge on any atom is -0.454 e. The second-order valence-corrected chi connectivity index (χ2v) is 6.53. The molecule has 4 rings (SSSR count). The number of nitrogen functional groups attached to an aromatic ring is 2. The Labute approximate surface area is 151 Å². The number of carbonyl (C=O) groups excluding carboxylic acids is 1. The Balaban J connectivity index is 1.54. The van der Waals surface area contributed by atoms with Gasteiger partial charge in [-0.3, -0.25) is 0 Å². The van der Waals surface area contributed by atoms with Crippen molar-refractivity contribution in [1.29, 1.82) is 0 Å². The minimum atomic E-state index is -0.466. The van der Waals surface area contributed by atoms with Gasteiger partial charge in [0, 0.05) is 11.1 Å². The second kappa shape index (κ2) is 6.63. The second-order valence-electron chi connectivity index (χ2n) is 6.53. The Morgan fingerprint density at radius 1 is 1.04 bits per heavy atom. The Hall–Kier alpha value is -3.15. The summed E-state index contributed by atoms with van der Waals surface area (Å²) in [6.45, 7) is -0.0512. The fourth-order valence-electron chi connectivity index (χ4n) is 3.40. The normalized spacial score (nSPS) is 13.4. The molecular weight excluding hydrogens is 328 g/mol. The molecule has 1 heterocycles. The lowest BCUT2D eigenvalue weighted by Crippen LogP contribution is -2.13. The first kappa shape index (κ1) is 16.3. The van der Waals surface area contributed by atoms with Gasteiger partial charge in [0.05, 0.1) is 11.1 Å². The number of nitrogens with two attached hydrogens (primary N) is 2. The van der Waals surface area contributed by atoms with Crippen LogP contribution in [0.5, 0.6) is 0 Å². The molecule has 0 fully saturated rings. The molecule has 0 atom stereocenters. The topological polar surface area (TPSA) is 104 Å². The van der Waals surface area contributed by atoms with Crippen LogP contribution >= 0.6 is 0 Å². The number of carbonyl (C=O) groups is 1. The van der Waals surface area contributed by atoms with E-state index in [0.717, 1.165) is 36.6 Å². The summed E-state index contributed by atoms with van der Waals surface area (Å²) in [6.07, 6.45) is 4.28. The molecule has 132 valence electrons. The van der Waals surface area contributed by atoms with E-state index in [4.69, 9.17) is 16.2 Å². The van der Waals surface area contributed by atoms with Crippen molar-refractivity contribution in [1.82, 2.24) is 9.97 Å². The third-order valence-electron chi connectivity index (χ3n) is 4.75. The van der Waals surface area contributed by atoms with Crippen LogP contribution in [0.4, 0.5) is 11.5 Å². The molecule has 0 spiro atoms. The molecule has 0 radical (unpaired) electrons. The molecule has 6 heteroatoms. The Morgan fingerprint density at radius 2 is 1.77 bits per heavy atom. The summed E-state index contributed by atoms with van der Waals surface area (Å²) in [5.41, 5.74) is 16.0. The maximum Gasteiger partial charge on any atom is 0.340 e. The highest BCUT2D eigenvalue weighted by molar-refractivity contribution is 5.95. The maximum absolute atomic E-state index is 12.5. The molecule has 1 aliphatic carbocycles. The Bertz CT molecular complexity index is 1000. The van der Waals surface area contributed by atoms with E-state index in [0.29, 0.717) is 22.9 Å². The van der Waals surface area contributed by atoms with Gasteiger partial charge in [0.15, 0.2) is 12.4 Å². The number of benzene rings is 2. The number of hydrogen-bond donors (Lipinski definition) is 2. The molecule has 0 aliphatic heterocycles. The van der Waals surface area contributed by atoms with Gasteiger partial charge in [-0.1, -0.05) is 12.1 Å². The number of fused-ring (bicyclic) bond motifs is 2. The van der Waals surface area contributed by atoms with Crippen molar-refractivity contribution in [2.45, 2.75) is 32.3 Å². The molecule has 2 aromatic carbocycles. The molecule has 0 saturated heterocycles. The number of hydrogen-bond acceptors (Lipinski definition) is 6. The zero-order valence-corrected chi connectivity index (χ0v) is 14.4. The number of nitrogens with zero attached hydrogens (tertiary/aromatic N) is 2. The van der Waals surface area contributed by atoms with Crippen LogP contribution in [-0.2, 0) is 24.2 Å². The Kier molecular flexibility index (Phi) is 4.16. The van der Waals surface area contributed by atoms with Crippen molar-refractivity contribution in [3.8, 4) is 0 Å². The highest BCUT2D eigenvalue weighted by atomic mass is 16.5. The highest BCUT2D eigenvalue weighted by Gasteiger charge is 2.18. The largest absolute Gasteiger partial charge is 0.454 e. The van der Waals surface area contributed by atoms with Crippen molar-refractivity contribution in [2.75, 3.05) is 11.5 Å². The molecule has 0 saturated carbocycles. The fraction of sp³-hybridized carbons (Fsp3) is 0.250. The van der Waals surface area contributed by atoms with Gasteiger partial charge >= 0.3 is 5.97 Å². The van der Waals surface area contributed by atoms with Gasteiger partial charge < -0.3 is 16.2 Å². The lowest BCUT2D eigenvalue weighted by atomic mass is 9.89. The van der Waals surface area contributed by atoms with Gasteiger partial charge in [-0.05, 0) is 61.1 Å². The molecule has 26 heavy (non-hydrogen) atoms. The predicted octanol–water partition coefficient (Wildman–Crippen LogP) is 3.03. The van der Waals surface area contributed by atoms with Crippen LogP contribution in [-0.4, -0.2) is 15.9 Å². The average Bonchev–Trinajstić information content (AvgIpc) is 2.65. The molecule has 6 nitrogen and oxygen atoms in total. The van der Waals surface area contributed by atoms with E-state index >= 15 is 0 Å². The van der Waals surface area contributed by atoms with Gasteiger partial charge in [0.25, 0.3) is 0 Å². The first-order valence-corrected chi connectivity index (χ1v) is 8.71. The Morgan fingerprint density at radius 3 is 2.58 bits per heavy atom. The summed E-state index contributed by atoms with van der Waals surface area (Å²) < 4.78 is 5.39. The number of para-hydroxylation sites is 1. The fourth-order valence-corrected chi connectivity index (χ4v) is 3.40. The SMILES string of the molecule is Nc1cc2c(cc1C(=O)OCc1nc(N)c3ccccc3n1)CCCC2. The van der Waals surface area contributed by atoms with E-state index in [1.165, 1.54) is 11.1 Å². The maximum atomic E-state index is 12.5. The van der Waals surface area contributed by atoms with E-state index in [1.54, 1.807) is 0 Å². The summed E-state index contributed by atoms with van der Waals surface area (Å²) in [5, 5.41) is 0.779. The van der Waals surface area contributed by atoms with Crippen LogP contribution in [0.1, 0.15) is 40.2 Å². The highest BCUT2D eigenvalue weighted by Crippen LogP contribution is 2.27. The van der Waals surface area contributed by atoms with Crippen LogP contribution < -0.4 is 11.5 Å². The molecular formula is C20H20N4O2. The van der Waals surface area contributed by atoms with E-state index in [2.05, 4.69) is 9.97 Å². The summed E-state index contributed by atoms with van der Waals surface area (Å²) in [7, 11) is 0. The smallest absolute Gasteiger partial charge is 0.340 e. The van der Waals surface area contributed by atoms with Gasteiger partial charge in [0.1, 0.15) is 5.82 Å². The quantitative estimate of drug-likeness (QED) is 0.557. The third kappa shape index (κ3) is 3.06. The zero-order valence-electron chi connectivity index (χ0n) is 14.4. The van der Waals surface area contributed by atoms with Crippen LogP contribution in [0.25, 0.3) is 10.9 Å². The van der Waals surface area contributed by atoms with Crippen LogP contribution in [0, 0.1) is 0 Å². The number of rotatable bonds is 3. The van der Waals surface area contributed by atoms with E-state index in [1.807, 2.05) is 36.4 Å². The van der Waals surface area contributed by atoms with Crippen LogP contribution in [0.2, 0.25) is 0 Å². The summed E-state index contributed by atoms with van der Waals surface area (Å²) >= 11 is 0. The van der Waals surface area contributed by atoms with Crippen molar-refractivity contribution >= 4 is 28.4 Å². The standard InChI is InChI=1S/C20H20N4O2/c21-16-10-13-6-2-1-5-12(13)9-15(16)20(25)26-11-18-23-17-8-4-3-7-14(17)19(22)24-18/h3-4,7-10H,1-2,5-6,11,21H2,(H2,22,23,24). The number of aromatic nitrogens is 2. The zero-order chi connectivity index (χ0) is 18.1. The van der Waals surface area contributed by atoms with Crippen molar-refractivity contribution in [3.05, 3.63) is 58.9 Å². The van der Waals surface area contributed by atoms with Gasteiger partial charge in [0.2, 0.25) is 0 Å². The third-order valence-corrected chi connectivity index (χ3v) is 4.75. The van der Waals surface area contributed by atoms with Crippen molar-refractivity contribution < 1.29 is 9.53 Å². The first-order chi connectivity index (χ1) is 12.6. The lowest BCUT2D eigenvalue weighted by molar-refractivity contribution is 0.0464. The lowest BCUT2D eigenvalue weighted by Gasteiger charge is -2.18. The molecule has 1 aliphatic rings. The van der Waals surface area contributed by atoms with Crippen LogP contribution in [0.3, 0.4) is 0 Å². The van der Waals surface area contributed by atoms with Crippen molar-refractivity contribution in [3.63, 3.8) is 0 Å². The summed E-state index contributed by atoms with van der Waals surface area (Å²) in [6, 6.07) is 11.2. The average molecular weight is 348 g/mol. The minimum absolute atomic E-state index is 0.0512. The van der Waals surface area contributed by atoms with Gasteiger partial charge in [-0.2, -0.15) is 0 Å². The van der Waals surface area contributed by atoms with E-state index in [-0.39, 0.29) is 6.61 Å².